The van der Waals surface area contributed by atoms with Gasteiger partial charge < -0.3 is 9.26 Å². The van der Waals surface area contributed by atoms with Crippen LogP contribution in [0.1, 0.15) is 5.89 Å². The van der Waals surface area contributed by atoms with E-state index < -0.39 is 0 Å². The largest absolute Gasteiger partial charge is 0.497 e. The second-order valence-corrected chi connectivity index (χ2v) is 4.26. The molecule has 0 N–H and O–H groups in total. The van der Waals surface area contributed by atoms with Gasteiger partial charge in [0.1, 0.15) is 12.3 Å². The maximum atomic E-state index is 11.6. The molecule has 1 aromatic carbocycles. The van der Waals surface area contributed by atoms with Crippen LogP contribution in [0.3, 0.4) is 0 Å². The lowest BCUT2D eigenvalue weighted by atomic mass is 10.2. The number of methoxy groups -OCH3 is 1. The third kappa shape index (κ3) is 2.81. The number of ether oxygens (including phenoxy) is 1. The zero-order valence-electron chi connectivity index (χ0n) is 11.3. The van der Waals surface area contributed by atoms with Crippen LogP contribution < -0.4 is 10.3 Å². The minimum absolute atomic E-state index is 0.142. The Morgan fingerprint density at radius 3 is 2.76 bits per heavy atom. The van der Waals surface area contributed by atoms with Gasteiger partial charge in [0.25, 0.3) is 5.56 Å². The second kappa shape index (κ2) is 5.58. The zero-order valence-corrected chi connectivity index (χ0v) is 11.3. The van der Waals surface area contributed by atoms with E-state index in [1.54, 1.807) is 13.2 Å². The zero-order chi connectivity index (χ0) is 14.7. The summed E-state index contributed by atoms with van der Waals surface area (Å²) in [7, 11) is 1.60. The lowest BCUT2D eigenvalue weighted by Gasteiger charge is -1.99. The fourth-order valence-electron chi connectivity index (χ4n) is 1.81. The number of rotatable bonds is 4. The van der Waals surface area contributed by atoms with Crippen molar-refractivity contribution in [3.63, 3.8) is 0 Å². The standard InChI is InChI=1S/C14H12N4O3/c1-20-11-6-4-10(5-7-11)14-16-12(21-17-14)9-18-13(19)3-2-8-15-18/h2-8H,9H2,1H3. The maximum Gasteiger partial charge on any atom is 0.267 e. The lowest BCUT2D eigenvalue weighted by Crippen LogP contribution is -2.21. The highest BCUT2D eigenvalue weighted by Crippen LogP contribution is 2.19. The van der Waals surface area contributed by atoms with Crippen LogP contribution >= 0.6 is 0 Å². The number of hydrogen-bond donors (Lipinski definition) is 0. The Bertz CT molecular complexity index is 792. The highest BCUT2D eigenvalue weighted by atomic mass is 16.5. The lowest BCUT2D eigenvalue weighted by molar-refractivity contribution is 0.363. The van der Waals surface area contributed by atoms with Crippen LogP contribution in [-0.4, -0.2) is 27.0 Å². The summed E-state index contributed by atoms with van der Waals surface area (Å²) in [6, 6.07) is 10.3. The van der Waals surface area contributed by atoms with E-state index in [1.165, 1.54) is 16.9 Å². The molecule has 0 spiro atoms. The second-order valence-electron chi connectivity index (χ2n) is 4.26. The average Bonchev–Trinajstić information content (AvgIpc) is 2.98. The predicted octanol–water partition coefficient (Wildman–Crippen LogP) is 1.35. The van der Waals surface area contributed by atoms with Gasteiger partial charge in [0, 0.05) is 17.8 Å². The fourth-order valence-corrected chi connectivity index (χ4v) is 1.81. The monoisotopic (exact) mass is 284 g/mol. The summed E-state index contributed by atoms with van der Waals surface area (Å²) in [6.07, 6.45) is 1.53. The van der Waals surface area contributed by atoms with Crippen molar-refractivity contribution in [2.24, 2.45) is 0 Å². The van der Waals surface area contributed by atoms with Crippen molar-refractivity contribution in [3.05, 3.63) is 58.8 Å². The van der Waals surface area contributed by atoms with Crippen LogP contribution in [0.2, 0.25) is 0 Å². The first-order valence-corrected chi connectivity index (χ1v) is 6.25. The molecule has 21 heavy (non-hydrogen) atoms. The molecule has 0 unspecified atom stereocenters. The molecule has 0 aliphatic carbocycles. The molecular weight excluding hydrogens is 272 g/mol. The molecule has 3 rings (SSSR count). The van der Waals surface area contributed by atoms with E-state index in [0.29, 0.717) is 11.7 Å². The molecular formula is C14H12N4O3. The first kappa shape index (κ1) is 13.0. The predicted molar refractivity (Wildman–Crippen MR) is 73.9 cm³/mol. The van der Waals surface area contributed by atoms with Crippen molar-refractivity contribution in [1.82, 2.24) is 19.9 Å². The molecule has 7 heteroatoms. The van der Waals surface area contributed by atoms with Crippen LogP contribution in [0.4, 0.5) is 0 Å². The number of benzene rings is 1. The van der Waals surface area contributed by atoms with Crippen molar-refractivity contribution >= 4 is 0 Å². The Labute approximate surface area is 119 Å². The van der Waals surface area contributed by atoms with Crippen LogP contribution in [0.15, 0.2) is 51.9 Å². The van der Waals surface area contributed by atoms with Gasteiger partial charge in [-0.05, 0) is 30.3 Å². The summed E-state index contributed by atoms with van der Waals surface area (Å²) in [5.74, 6) is 1.53. The molecule has 0 bridgehead atoms. The molecule has 0 saturated carbocycles. The van der Waals surface area contributed by atoms with Gasteiger partial charge in [0.15, 0.2) is 0 Å². The highest BCUT2D eigenvalue weighted by molar-refractivity contribution is 5.55. The Hall–Kier alpha value is -2.96. The first-order valence-electron chi connectivity index (χ1n) is 6.25. The first-order chi connectivity index (χ1) is 10.3. The summed E-state index contributed by atoms with van der Waals surface area (Å²) in [5, 5.41) is 7.84. The van der Waals surface area contributed by atoms with Gasteiger partial charge in [0.05, 0.1) is 7.11 Å². The molecule has 0 saturated heterocycles. The molecule has 2 heterocycles. The van der Waals surface area contributed by atoms with Gasteiger partial charge in [-0.1, -0.05) is 5.16 Å². The summed E-state index contributed by atoms with van der Waals surface area (Å²) >= 11 is 0. The van der Waals surface area contributed by atoms with Crippen molar-refractivity contribution in [2.75, 3.05) is 7.11 Å². The minimum atomic E-state index is -0.221. The number of aromatic nitrogens is 4. The molecule has 0 aliphatic heterocycles. The molecule has 106 valence electrons. The molecule has 0 amide bonds. The molecule has 0 radical (unpaired) electrons. The summed E-state index contributed by atoms with van der Waals surface area (Å²) in [4.78, 5) is 15.8. The molecule has 0 atom stereocenters. The van der Waals surface area contributed by atoms with Gasteiger partial charge in [-0.25, -0.2) is 4.68 Å². The smallest absolute Gasteiger partial charge is 0.267 e. The van der Waals surface area contributed by atoms with Gasteiger partial charge in [-0.15, -0.1) is 0 Å². The highest BCUT2D eigenvalue weighted by Gasteiger charge is 2.10. The summed E-state index contributed by atoms with van der Waals surface area (Å²) in [5.41, 5.74) is 0.584. The van der Waals surface area contributed by atoms with Crippen LogP contribution in [0.5, 0.6) is 5.75 Å². The third-order valence-electron chi connectivity index (χ3n) is 2.89. The topological polar surface area (TPSA) is 83.0 Å². The van der Waals surface area contributed by atoms with Crippen molar-refractivity contribution < 1.29 is 9.26 Å². The van der Waals surface area contributed by atoms with E-state index in [-0.39, 0.29) is 12.1 Å². The van der Waals surface area contributed by atoms with Crippen LogP contribution in [0.25, 0.3) is 11.4 Å². The summed E-state index contributed by atoms with van der Waals surface area (Å²) < 4.78 is 11.5. The molecule has 0 fully saturated rings. The van der Waals surface area contributed by atoms with Crippen molar-refractivity contribution in [2.45, 2.75) is 6.54 Å². The Morgan fingerprint density at radius 1 is 1.24 bits per heavy atom. The average molecular weight is 284 g/mol. The maximum absolute atomic E-state index is 11.6. The minimum Gasteiger partial charge on any atom is -0.497 e. The molecule has 3 aromatic rings. The van der Waals surface area contributed by atoms with Crippen LogP contribution in [0, 0.1) is 0 Å². The van der Waals surface area contributed by atoms with E-state index in [4.69, 9.17) is 9.26 Å². The fraction of sp³-hybridized carbons (Fsp3) is 0.143. The summed E-state index contributed by atoms with van der Waals surface area (Å²) in [6.45, 7) is 0.142. The third-order valence-corrected chi connectivity index (χ3v) is 2.89. The quantitative estimate of drug-likeness (QED) is 0.719. The van der Waals surface area contributed by atoms with E-state index >= 15 is 0 Å². The van der Waals surface area contributed by atoms with Crippen LogP contribution in [-0.2, 0) is 6.54 Å². The Kier molecular flexibility index (Phi) is 3.46. The van der Waals surface area contributed by atoms with Crippen molar-refractivity contribution in [1.29, 1.82) is 0 Å². The van der Waals surface area contributed by atoms with Gasteiger partial charge in [-0.3, -0.25) is 4.79 Å². The number of hydrogen-bond acceptors (Lipinski definition) is 6. The molecule has 0 aliphatic rings. The molecule has 7 nitrogen and oxygen atoms in total. The van der Waals surface area contributed by atoms with E-state index in [2.05, 4.69) is 15.2 Å². The normalized spacial score (nSPS) is 10.5. The van der Waals surface area contributed by atoms with E-state index in [0.717, 1.165) is 11.3 Å². The van der Waals surface area contributed by atoms with Crippen molar-refractivity contribution in [3.8, 4) is 17.1 Å². The SMILES string of the molecule is COc1ccc(-c2noc(Cn3ncccc3=O)n2)cc1. The van der Waals surface area contributed by atoms with Gasteiger partial charge in [0.2, 0.25) is 11.7 Å². The van der Waals surface area contributed by atoms with E-state index in [1.807, 2.05) is 24.3 Å². The Balaban J connectivity index is 1.83. The molecule has 2 aromatic heterocycles. The Morgan fingerprint density at radius 2 is 2.05 bits per heavy atom. The van der Waals surface area contributed by atoms with Gasteiger partial charge in [-0.2, -0.15) is 10.1 Å². The van der Waals surface area contributed by atoms with E-state index in [9.17, 15) is 4.79 Å². The number of nitrogens with zero attached hydrogens (tertiary/aromatic N) is 4. The van der Waals surface area contributed by atoms with Gasteiger partial charge >= 0.3 is 0 Å².